The summed E-state index contributed by atoms with van der Waals surface area (Å²) in [6.45, 7) is 6.03. The molecule has 0 unspecified atom stereocenters. The lowest BCUT2D eigenvalue weighted by atomic mass is 10.0. The molecule has 0 spiro atoms. The van der Waals surface area contributed by atoms with Gasteiger partial charge in [0.2, 0.25) is 5.91 Å². The van der Waals surface area contributed by atoms with Gasteiger partial charge < -0.3 is 15.5 Å². The van der Waals surface area contributed by atoms with Crippen molar-refractivity contribution in [3.63, 3.8) is 0 Å². The Morgan fingerprint density at radius 3 is 2.45 bits per heavy atom. The highest BCUT2D eigenvalue weighted by atomic mass is 16.3. The minimum absolute atomic E-state index is 0.0815. The molecule has 0 saturated carbocycles. The summed E-state index contributed by atoms with van der Waals surface area (Å²) in [5.74, 6) is -0.120. The van der Waals surface area contributed by atoms with Crippen LogP contribution in [0.2, 0.25) is 0 Å². The number of hydrogen-bond acceptors (Lipinski definition) is 3. The summed E-state index contributed by atoms with van der Waals surface area (Å²) >= 11 is 0. The molecule has 3 atom stereocenters. The zero-order valence-corrected chi connectivity index (χ0v) is 20.4. The number of aliphatic hydroxyl groups is 2. The summed E-state index contributed by atoms with van der Waals surface area (Å²) in [4.78, 5) is 12.4. The van der Waals surface area contributed by atoms with Gasteiger partial charge in [-0.2, -0.15) is 0 Å². The Morgan fingerprint density at radius 1 is 0.970 bits per heavy atom. The maximum Gasteiger partial charge on any atom is 0.244 e. The highest BCUT2D eigenvalue weighted by molar-refractivity contribution is 5.88. The van der Waals surface area contributed by atoms with Crippen molar-refractivity contribution in [3.05, 3.63) is 96.2 Å². The maximum absolute atomic E-state index is 12.4. The van der Waals surface area contributed by atoms with Gasteiger partial charge in [0.15, 0.2) is 0 Å². The molecule has 1 rings (SSSR count). The minimum Gasteiger partial charge on any atom is -0.386 e. The number of carbonyl (C=O) groups excluding carboxylic acids is 1. The summed E-state index contributed by atoms with van der Waals surface area (Å²) in [5, 5.41) is 23.3. The molecule has 0 aromatic carbocycles. The third-order valence-corrected chi connectivity index (χ3v) is 5.11. The van der Waals surface area contributed by atoms with E-state index in [0.717, 1.165) is 49.7 Å². The van der Waals surface area contributed by atoms with Crippen molar-refractivity contribution in [2.45, 2.75) is 77.5 Å². The Hall–Kier alpha value is -2.69. The molecule has 33 heavy (non-hydrogen) atoms. The molecule has 1 aliphatic heterocycles. The smallest absolute Gasteiger partial charge is 0.244 e. The Labute approximate surface area is 200 Å². The van der Waals surface area contributed by atoms with Crippen LogP contribution < -0.4 is 5.32 Å². The molecule has 0 radical (unpaired) electrons. The second-order valence-electron chi connectivity index (χ2n) is 8.32. The molecule has 4 heteroatoms. The van der Waals surface area contributed by atoms with Crippen molar-refractivity contribution in [1.29, 1.82) is 0 Å². The number of allylic oxidation sites excluding steroid dienone is 12. The normalized spacial score (nSPS) is 30.2. The minimum atomic E-state index is -1.00. The maximum atomic E-state index is 12.4. The molecule has 0 bridgehead atoms. The van der Waals surface area contributed by atoms with Crippen molar-refractivity contribution >= 4 is 5.91 Å². The van der Waals surface area contributed by atoms with Gasteiger partial charge in [-0.25, -0.2) is 0 Å². The van der Waals surface area contributed by atoms with Gasteiger partial charge in [0, 0.05) is 12.1 Å². The number of hydrogen-bond donors (Lipinski definition) is 3. The summed E-state index contributed by atoms with van der Waals surface area (Å²) < 4.78 is 0. The standard InChI is InChI=1S/C29H41NO3/c1-4-5-6-7-8-9-19-26-20-13-10-16-24(2)17-11-14-21-27(31)28(32)23-25(3)18-12-15-22-29(33)30-26/h6-9,11-12,14-18,21-23,26-28,31-32H,4-5,10,13,19-20H2,1-3H3,(H,30,33)/b7-6+,9-8+,17-11+,18-12+,21-14-,22-15?,24-16+,25-23+/t26-,27-,28+/m0/s1. The van der Waals surface area contributed by atoms with E-state index in [1.807, 2.05) is 26.0 Å². The quantitative estimate of drug-likeness (QED) is 0.463. The van der Waals surface area contributed by atoms with Crippen molar-refractivity contribution < 1.29 is 15.0 Å². The largest absolute Gasteiger partial charge is 0.386 e. The van der Waals surface area contributed by atoms with E-state index in [4.69, 9.17) is 0 Å². The fraction of sp³-hybridized carbons (Fsp3) is 0.414. The highest BCUT2D eigenvalue weighted by Crippen LogP contribution is 2.10. The summed E-state index contributed by atoms with van der Waals surface area (Å²) in [5.41, 5.74) is 1.93. The monoisotopic (exact) mass is 451 g/mol. The number of amides is 1. The number of carbonyl (C=O) groups is 1. The van der Waals surface area contributed by atoms with Crippen molar-refractivity contribution in [2.75, 3.05) is 0 Å². The molecule has 0 aromatic heterocycles. The fourth-order valence-electron chi connectivity index (χ4n) is 3.20. The van der Waals surface area contributed by atoms with Crippen LogP contribution in [0.1, 0.15) is 59.3 Å². The van der Waals surface area contributed by atoms with Crippen LogP contribution in [0.15, 0.2) is 96.2 Å². The number of aliphatic hydroxyl groups excluding tert-OH is 2. The summed E-state index contributed by atoms with van der Waals surface area (Å²) in [6.07, 6.45) is 29.9. The number of nitrogens with one attached hydrogen (secondary N) is 1. The zero-order valence-electron chi connectivity index (χ0n) is 20.4. The molecule has 1 heterocycles. The Bertz CT molecular complexity index is 809. The van der Waals surface area contributed by atoms with Crippen LogP contribution in [-0.4, -0.2) is 34.4 Å². The molecule has 4 nitrogen and oxygen atoms in total. The van der Waals surface area contributed by atoms with E-state index in [9.17, 15) is 15.0 Å². The zero-order chi connectivity index (χ0) is 24.3. The Balaban J connectivity index is 2.92. The topological polar surface area (TPSA) is 69.6 Å². The molecule has 1 aliphatic rings. The fourth-order valence-corrected chi connectivity index (χ4v) is 3.20. The molecule has 3 N–H and O–H groups in total. The van der Waals surface area contributed by atoms with E-state index in [1.54, 1.807) is 36.5 Å². The van der Waals surface area contributed by atoms with Gasteiger partial charge in [-0.3, -0.25) is 4.79 Å². The lowest BCUT2D eigenvalue weighted by Crippen LogP contribution is -2.33. The first-order valence-corrected chi connectivity index (χ1v) is 12.0. The van der Waals surface area contributed by atoms with E-state index >= 15 is 0 Å². The first-order chi connectivity index (χ1) is 15.9. The third kappa shape index (κ3) is 14.9. The van der Waals surface area contributed by atoms with Crippen LogP contribution in [0, 0.1) is 0 Å². The first-order valence-electron chi connectivity index (χ1n) is 12.0. The molecule has 180 valence electrons. The van der Waals surface area contributed by atoms with Gasteiger partial charge in [-0.1, -0.05) is 103 Å². The highest BCUT2D eigenvalue weighted by Gasteiger charge is 2.10. The summed E-state index contributed by atoms with van der Waals surface area (Å²) in [6, 6.07) is 0.0815. The first kappa shape index (κ1) is 28.3. The second kappa shape index (κ2) is 17.8. The summed E-state index contributed by atoms with van der Waals surface area (Å²) in [7, 11) is 0. The molecule has 0 aliphatic carbocycles. The average Bonchev–Trinajstić information content (AvgIpc) is 2.78. The van der Waals surface area contributed by atoms with Gasteiger partial charge in [0.05, 0.1) is 0 Å². The van der Waals surface area contributed by atoms with E-state index in [-0.39, 0.29) is 11.9 Å². The predicted molar refractivity (Wildman–Crippen MR) is 140 cm³/mol. The molecule has 1 amide bonds. The van der Waals surface area contributed by atoms with Gasteiger partial charge in [-0.15, -0.1) is 0 Å². The van der Waals surface area contributed by atoms with Gasteiger partial charge >= 0.3 is 0 Å². The van der Waals surface area contributed by atoms with Crippen molar-refractivity contribution in [2.24, 2.45) is 0 Å². The van der Waals surface area contributed by atoms with Crippen LogP contribution in [0.5, 0.6) is 0 Å². The van der Waals surface area contributed by atoms with Crippen LogP contribution in [0.3, 0.4) is 0 Å². The van der Waals surface area contributed by atoms with Gasteiger partial charge in [0.1, 0.15) is 12.2 Å². The third-order valence-electron chi connectivity index (χ3n) is 5.11. The number of unbranched alkanes of at least 4 members (excludes halogenated alkanes) is 1. The van der Waals surface area contributed by atoms with Crippen LogP contribution in [0.4, 0.5) is 0 Å². The Morgan fingerprint density at radius 2 is 1.67 bits per heavy atom. The molecular weight excluding hydrogens is 410 g/mol. The van der Waals surface area contributed by atoms with E-state index in [1.165, 1.54) is 6.08 Å². The van der Waals surface area contributed by atoms with E-state index < -0.39 is 12.2 Å². The predicted octanol–water partition coefficient (Wildman–Crippen LogP) is 5.80. The SMILES string of the molecule is CCC/C=C/C=C/C[C@H]1CCC/C=C(C)/C=C/C=C\[C@H](O)[C@H](O)/C=C(C)/C=C/C=CC(=O)N1. The van der Waals surface area contributed by atoms with Crippen molar-refractivity contribution in [1.82, 2.24) is 5.32 Å². The molecule has 0 fully saturated rings. The number of rotatable bonds is 5. The van der Waals surface area contributed by atoms with Crippen LogP contribution >= 0.6 is 0 Å². The van der Waals surface area contributed by atoms with Crippen molar-refractivity contribution in [3.8, 4) is 0 Å². The lowest BCUT2D eigenvalue weighted by Gasteiger charge is -2.15. The van der Waals surface area contributed by atoms with Gasteiger partial charge in [0.25, 0.3) is 0 Å². The molecule has 0 saturated heterocycles. The van der Waals surface area contributed by atoms with Crippen LogP contribution in [0.25, 0.3) is 0 Å². The average molecular weight is 452 g/mol. The van der Waals surface area contributed by atoms with E-state index in [2.05, 4.69) is 42.6 Å². The molecule has 0 aromatic rings. The second-order valence-corrected chi connectivity index (χ2v) is 8.32. The Kier molecular flexibility index (Phi) is 15.3. The van der Waals surface area contributed by atoms with E-state index in [0.29, 0.717) is 0 Å². The lowest BCUT2D eigenvalue weighted by molar-refractivity contribution is -0.117. The van der Waals surface area contributed by atoms with Gasteiger partial charge in [-0.05, 0) is 46.0 Å². The molecular formula is C29H41NO3. The van der Waals surface area contributed by atoms with Crippen LogP contribution in [-0.2, 0) is 4.79 Å².